The van der Waals surface area contributed by atoms with Gasteiger partial charge in [0.15, 0.2) is 0 Å². The van der Waals surface area contributed by atoms with Gasteiger partial charge in [-0.15, -0.1) is 6.58 Å². The second-order valence-electron chi connectivity index (χ2n) is 4.66. The van der Waals surface area contributed by atoms with Crippen LogP contribution in [0, 0.1) is 17.8 Å². The lowest BCUT2D eigenvalue weighted by molar-refractivity contribution is 0.449. The third kappa shape index (κ3) is 2.72. The predicted octanol–water partition coefficient (Wildman–Crippen LogP) is 4.19. The lowest BCUT2D eigenvalue weighted by atomic mass is 9.80. The molecule has 0 saturated heterocycles. The van der Waals surface area contributed by atoms with Crippen molar-refractivity contribution in [2.24, 2.45) is 17.8 Å². The van der Waals surface area contributed by atoms with Gasteiger partial charge in [0.25, 0.3) is 0 Å². The summed E-state index contributed by atoms with van der Waals surface area (Å²) in [5.41, 5.74) is 1.63. The van der Waals surface area contributed by atoms with Crippen molar-refractivity contribution in [2.75, 3.05) is 0 Å². The van der Waals surface area contributed by atoms with Crippen LogP contribution in [0.2, 0.25) is 0 Å². The molecule has 0 bridgehead atoms. The molecule has 0 radical (unpaired) electrons. The van der Waals surface area contributed by atoms with E-state index in [1.54, 1.807) is 5.57 Å². The average molecular weight is 178 g/mol. The molecular formula is C13H22. The summed E-state index contributed by atoms with van der Waals surface area (Å²) in [6, 6.07) is 0. The summed E-state index contributed by atoms with van der Waals surface area (Å²) in [6.07, 6.45) is 8.48. The average Bonchev–Trinajstić information content (AvgIpc) is 2.09. The van der Waals surface area contributed by atoms with Crippen molar-refractivity contribution in [1.29, 1.82) is 0 Å². The van der Waals surface area contributed by atoms with Crippen LogP contribution in [0.25, 0.3) is 0 Å². The number of rotatable bonds is 3. The second-order valence-corrected chi connectivity index (χ2v) is 4.66. The highest BCUT2D eigenvalue weighted by Gasteiger charge is 2.18. The summed E-state index contributed by atoms with van der Waals surface area (Å²) in [7, 11) is 0. The van der Waals surface area contributed by atoms with Gasteiger partial charge >= 0.3 is 0 Å². The summed E-state index contributed by atoms with van der Waals surface area (Å²) in [4.78, 5) is 0. The normalized spacial score (nSPS) is 25.5. The van der Waals surface area contributed by atoms with Crippen molar-refractivity contribution in [3.8, 4) is 0 Å². The fourth-order valence-corrected chi connectivity index (χ4v) is 2.14. The Balaban J connectivity index is 2.64. The van der Waals surface area contributed by atoms with E-state index in [1.165, 1.54) is 19.3 Å². The van der Waals surface area contributed by atoms with Gasteiger partial charge in [-0.05, 0) is 37.0 Å². The molecule has 13 heavy (non-hydrogen) atoms. The van der Waals surface area contributed by atoms with E-state index in [0.717, 1.165) is 5.92 Å². The zero-order chi connectivity index (χ0) is 9.84. The van der Waals surface area contributed by atoms with Crippen LogP contribution in [0.15, 0.2) is 24.3 Å². The molecule has 0 aromatic rings. The van der Waals surface area contributed by atoms with Crippen molar-refractivity contribution < 1.29 is 0 Å². The highest BCUT2D eigenvalue weighted by molar-refractivity contribution is 5.15. The standard InChI is InChI=1S/C13H22/c1-5-13(10(2)3)12-8-6-11(4)7-9-12/h5,8,10-11,13H,1,6-7,9H2,2-4H3. The van der Waals surface area contributed by atoms with Gasteiger partial charge in [0.2, 0.25) is 0 Å². The first-order valence-electron chi connectivity index (χ1n) is 5.46. The Bertz CT molecular complexity index is 198. The summed E-state index contributed by atoms with van der Waals surface area (Å²) in [5, 5.41) is 0. The van der Waals surface area contributed by atoms with Gasteiger partial charge in [-0.1, -0.05) is 38.5 Å². The van der Waals surface area contributed by atoms with Gasteiger partial charge in [0, 0.05) is 0 Å². The lowest BCUT2D eigenvalue weighted by Crippen LogP contribution is -2.13. The Kier molecular flexibility index (Phi) is 3.77. The van der Waals surface area contributed by atoms with Gasteiger partial charge in [-0.25, -0.2) is 0 Å². The van der Waals surface area contributed by atoms with E-state index in [0.29, 0.717) is 11.8 Å². The molecule has 1 aliphatic carbocycles. The molecule has 0 aliphatic heterocycles. The Labute approximate surface area is 82.7 Å². The van der Waals surface area contributed by atoms with E-state index in [-0.39, 0.29) is 0 Å². The lowest BCUT2D eigenvalue weighted by Gasteiger charge is -2.25. The molecular weight excluding hydrogens is 156 g/mol. The molecule has 1 aliphatic rings. The monoisotopic (exact) mass is 178 g/mol. The van der Waals surface area contributed by atoms with Crippen molar-refractivity contribution in [3.63, 3.8) is 0 Å². The zero-order valence-electron chi connectivity index (χ0n) is 9.22. The topological polar surface area (TPSA) is 0 Å². The fourth-order valence-electron chi connectivity index (χ4n) is 2.14. The smallest absolute Gasteiger partial charge is 0.000293 e. The molecule has 0 nitrogen and oxygen atoms in total. The van der Waals surface area contributed by atoms with Crippen LogP contribution in [0.1, 0.15) is 40.0 Å². The van der Waals surface area contributed by atoms with Crippen LogP contribution in [0.3, 0.4) is 0 Å². The highest BCUT2D eigenvalue weighted by Crippen LogP contribution is 2.31. The number of hydrogen-bond donors (Lipinski definition) is 0. The molecule has 0 fully saturated rings. The van der Waals surface area contributed by atoms with Crippen LogP contribution in [-0.4, -0.2) is 0 Å². The Morgan fingerprint density at radius 1 is 1.54 bits per heavy atom. The van der Waals surface area contributed by atoms with E-state index < -0.39 is 0 Å². The van der Waals surface area contributed by atoms with Crippen LogP contribution < -0.4 is 0 Å². The van der Waals surface area contributed by atoms with E-state index in [1.807, 2.05) is 0 Å². The van der Waals surface area contributed by atoms with E-state index >= 15 is 0 Å². The molecule has 0 spiro atoms. The molecule has 2 unspecified atom stereocenters. The minimum absolute atomic E-state index is 0.618. The summed E-state index contributed by atoms with van der Waals surface area (Å²) < 4.78 is 0. The minimum atomic E-state index is 0.618. The Hall–Kier alpha value is -0.520. The van der Waals surface area contributed by atoms with Gasteiger partial charge in [0.05, 0.1) is 0 Å². The Morgan fingerprint density at radius 2 is 2.23 bits per heavy atom. The van der Waals surface area contributed by atoms with E-state index in [4.69, 9.17) is 0 Å². The van der Waals surface area contributed by atoms with Gasteiger partial charge in [0.1, 0.15) is 0 Å². The fraction of sp³-hybridized carbons (Fsp3) is 0.692. The molecule has 0 aromatic carbocycles. The number of hydrogen-bond acceptors (Lipinski definition) is 0. The quantitative estimate of drug-likeness (QED) is 0.568. The van der Waals surface area contributed by atoms with Crippen LogP contribution >= 0.6 is 0 Å². The van der Waals surface area contributed by atoms with E-state index in [9.17, 15) is 0 Å². The third-order valence-electron chi connectivity index (χ3n) is 3.11. The molecule has 0 heteroatoms. The molecule has 0 heterocycles. The van der Waals surface area contributed by atoms with Crippen molar-refractivity contribution in [1.82, 2.24) is 0 Å². The molecule has 74 valence electrons. The first-order chi connectivity index (χ1) is 6.15. The molecule has 0 amide bonds. The van der Waals surface area contributed by atoms with Crippen molar-refractivity contribution in [2.45, 2.75) is 40.0 Å². The molecule has 0 N–H and O–H groups in total. The van der Waals surface area contributed by atoms with Crippen molar-refractivity contribution in [3.05, 3.63) is 24.3 Å². The molecule has 0 aromatic heterocycles. The SMILES string of the molecule is C=CC(C1=CCC(C)CC1)C(C)C. The first kappa shape index (κ1) is 10.6. The van der Waals surface area contributed by atoms with Gasteiger partial charge in [-0.3, -0.25) is 0 Å². The van der Waals surface area contributed by atoms with Crippen molar-refractivity contribution >= 4 is 0 Å². The van der Waals surface area contributed by atoms with Gasteiger partial charge < -0.3 is 0 Å². The highest BCUT2D eigenvalue weighted by atomic mass is 14.2. The maximum Gasteiger partial charge on any atom is -0.000293 e. The maximum absolute atomic E-state index is 3.94. The van der Waals surface area contributed by atoms with Crippen LogP contribution in [-0.2, 0) is 0 Å². The zero-order valence-corrected chi connectivity index (χ0v) is 9.22. The molecule has 2 atom stereocenters. The largest absolute Gasteiger partial charge is 0.102 e. The van der Waals surface area contributed by atoms with E-state index in [2.05, 4.69) is 39.5 Å². The number of allylic oxidation sites excluding steroid dienone is 3. The second kappa shape index (κ2) is 4.64. The Morgan fingerprint density at radius 3 is 2.62 bits per heavy atom. The molecule has 1 rings (SSSR count). The van der Waals surface area contributed by atoms with Crippen LogP contribution in [0.5, 0.6) is 0 Å². The molecule has 0 saturated carbocycles. The van der Waals surface area contributed by atoms with Gasteiger partial charge in [-0.2, -0.15) is 0 Å². The predicted molar refractivity (Wildman–Crippen MR) is 59.6 cm³/mol. The summed E-state index contributed by atoms with van der Waals surface area (Å²) >= 11 is 0. The maximum atomic E-state index is 3.94. The first-order valence-corrected chi connectivity index (χ1v) is 5.46. The third-order valence-corrected chi connectivity index (χ3v) is 3.11. The summed E-state index contributed by atoms with van der Waals surface area (Å²) in [5.74, 6) is 2.21. The minimum Gasteiger partial charge on any atom is -0.102 e. The van der Waals surface area contributed by atoms with Crippen LogP contribution in [0.4, 0.5) is 0 Å². The summed E-state index contributed by atoms with van der Waals surface area (Å²) in [6.45, 7) is 10.8.